The normalized spacial score (nSPS) is 16.3. The number of rotatable bonds is 2. The summed E-state index contributed by atoms with van der Waals surface area (Å²) in [6, 6.07) is 6.37. The summed E-state index contributed by atoms with van der Waals surface area (Å²) in [6.45, 7) is 4.68. The monoisotopic (exact) mass is 321 g/mol. The van der Waals surface area contributed by atoms with Gasteiger partial charge >= 0.3 is 0 Å². The van der Waals surface area contributed by atoms with Crippen LogP contribution >= 0.6 is 15.9 Å². The lowest BCUT2D eigenvalue weighted by Crippen LogP contribution is -2.33. The number of nitrogens with zero attached hydrogens (tertiary/aromatic N) is 4. The van der Waals surface area contributed by atoms with Gasteiger partial charge in [-0.05, 0) is 24.6 Å². The highest BCUT2D eigenvalue weighted by Gasteiger charge is 2.18. The van der Waals surface area contributed by atoms with Gasteiger partial charge in [0.2, 0.25) is 0 Å². The van der Waals surface area contributed by atoms with Crippen LogP contribution in [-0.4, -0.2) is 21.3 Å². The largest absolute Gasteiger partial charge is 0.362 e. The number of nitrogens with two attached hydrogens (primary N) is 1. The van der Waals surface area contributed by atoms with Crippen LogP contribution < -0.4 is 10.6 Å². The maximum absolute atomic E-state index is 5.93. The van der Waals surface area contributed by atoms with Crippen molar-refractivity contribution in [1.29, 1.82) is 0 Å². The number of hydrogen-bond acceptors (Lipinski definition) is 4. The maximum atomic E-state index is 5.93. The lowest BCUT2D eigenvalue weighted by molar-refractivity contribution is 0.560. The van der Waals surface area contributed by atoms with Gasteiger partial charge in [-0.15, -0.1) is 10.2 Å². The van der Waals surface area contributed by atoms with Crippen molar-refractivity contribution in [2.45, 2.75) is 26.1 Å². The van der Waals surface area contributed by atoms with Crippen molar-refractivity contribution in [3.63, 3.8) is 0 Å². The summed E-state index contributed by atoms with van der Waals surface area (Å²) < 4.78 is 3.16. The van der Waals surface area contributed by atoms with E-state index >= 15 is 0 Å². The molecule has 0 aliphatic carbocycles. The van der Waals surface area contributed by atoms with Gasteiger partial charge in [-0.3, -0.25) is 0 Å². The van der Waals surface area contributed by atoms with Crippen LogP contribution in [0.2, 0.25) is 0 Å². The molecule has 19 heavy (non-hydrogen) atoms. The third kappa shape index (κ3) is 2.37. The molecule has 0 fully saturated rings. The van der Waals surface area contributed by atoms with Crippen LogP contribution in [0.4, 0.5) is 5.69 Å². The Morgan fingerprint density at radius 1 is 1.37 bits per heavy atom. The molecule has 0 spiro atoms. The van der Waals surface area contributed by atoms with Crippen LogP contribution in [0.15, 0.2) is 29.0 Å². The summed E-state index contributed by atoms with van der Waals surface area (Å²) in [5.41, 5.74) is 8.24. The third-order valence-corrected chi connectivity index (χ3v) is 4.17. The van der Waals surface area contributed by atoms with Crippen molar-refractivity contribution < 1.29 is 0 Å². The number of fused-ring (bicyclic) bond motifs is 1. The molecule has 1 aliphatic heterocycles. The van der Waals surface area contributed by atoms with E-state index in [1.165, 1.54) is 5.69 Å². The molecule has 100 valence electrons. The highest BCUT2D eigenvalue weighted by atomic mass is 79.9. The van der Waals surface area contributed by atoms with Crippen molar-refractivity contribution in [3.05, 3.63) is 40.4 Å². The summed E-state index contributed by atoms with van der Waals surface area (Å²) >= 11 is 3.60. The Kier molecular flexibility index (Phi) is 3.28. The third-order valence-electron chi connectivity index (χ3n) is 3.48. The molecule has 0 saturated heterocycles. The molecule has 0 radical (unpaired) electrons. The molecule has 0 amide bonds. The highest BCUT2D eigenvalue weighted by Crippen LogP contribution is 2.28. The van der Waals surface area contributed by atoms with E-state index in [1.54, 1.807) is 6.33 Å². The molecule has 0 saturated carbocycles. The molecule has 1 aromatic heterocycles. The summed E-state index contributed by atoms with van der Waals surface area (Å²) in [7, 11) is 0. The minimum atomic E-state index is 0.0351. The Balaban J connectivity index is 1.86. The van der Waals surface area contributed by atoms with Crippen LogP contribution in [-0.2, 0) is 13.1 Å². The van der Waals surface area contributed by atoms with E-state index in [4.69, 9.17) is 5.73 Å². The van der Waals surface area contributed by atoms with Crippen LogP contribution in [0.25, 0.3) is 0 Å². The zero-order chi connectivity index (χ0) is 13.4. The molecular weight excluding hydrogens is 306 g/mol. The van der Waals surface area contributed by atoms with Crippen molar-refractivity contribution in [2.75, 3.05) is 11.4 Å². The van der Waals surface area contributed by atoms with E-state index < -0.39 is 0 Å². The van der Waals surface area contributed by atoms with E-state index in [9.17, 15) is 0 Å². The molecule has 2 aromatic rings. The summed E-state index contributed by atoms with van der Waals surface area (Å²) in [5, 5.41) is 8.09. The Bertz CT molecular complexity index is 592. The second-order valence-corrected chi connectivity index (χ2v) is 5.71. The Hall–Kier alpha value is -1.40. The van der Waals surface area contributed by atoms with Crippen molar-refractivity contribution in [3.8, 4) is 0 Å². The second-order valence-electron chi connectivity index (χ2n) is 4.86. The average Bonchev–Trinajstić information content (AvgIpc) is 2.85. The van der Waals surface area contributed by atoms with Crippen LogP contribution in [0, 0.1) is 0 Å². The van der Waals surface area contributed by atoms with Gasteiger partial charge in [0.05, 0.1) is 6.54 Å². The van der Waals surface area contributed by atoms with Gasteiger partial charge in [0, 0.05) is 29.3 Å². The lowest BCUT2D eigenvalue weighted by atomic mass is 10.1. The molecule has 3 rings (SSSR count). The van der Waals surface area contributed by atoms with E-state index in [0.29, 0.717) is 0 Å². The quantitative estimate of drug-likeness (QED) is 0.920. The number of anilines is 1. The summed E-state index contributed by atoms with van der Waals surface area (Å²) in [6.07, 6.45) is 1.79. The van der Waals surface area contributed by atoms with Gasteiger partial charge in [-0.25, -0.2) is 0 Å². The molecule has 5 nitrogen and oxygen atoms in total. The van der Waals surface area contributed by atoms with E-state index in [2.05, 4.69) is 53.8 Å². The first-order valence-electron chi connectivity index (χ1n) is 6.32. The van der Waals surface area contributed by atoms with E-state index in [0.717, 1.165) is 35.5 Å². The minimum Gasteiger partial charge on any atom is -0.362 e. The second kappa shape index (κ2) is 4.94. The van der Waals surface area contributed by atoms with E-state index in [-0.39, 0.29) is 6.04 Å². The first-order chi connectivity index (χ1) is 9.15. The molecule has 1 atom stereocenters. The molecule has 0 unspecified atom stereocenters. The molecule has 2 heterocycles. The number of hydrogen-bond donors (Lipinski definition) is 1. The van der Waals surface area contributed by atoms with Crippen LogP contribution in [0.1, 0.15) is 24.4 Å². The fourth-order valence-corrected chi connectivity index (χ4v) is 3.10. The van der Waals surface area contributed by atoms with E-state index in [1.807, 2.05) is 6.92 Å². The highest BCUT2D eigenvalue weighted by molar-refractivity contribution is 9.10. The van der Waals surface area contributed by atoms with Crippen LogP contribution in [0.5, 0.6) is 0 Å². The van der Waals surface area contributed by atoms with Gasteiger partial charge in [0.1, 0.15) is 6.33 Å². The molecule has 1 aromatic carbocycles. The molecule has 1 aliphatic rings. The predicted octanol–water partition coefficient (Wildman–Crippen LogP) is 2.08. The first-order valence-corrected chi connectivity index (χ1v) is 7.11. The van der Waals surface area contributed by atoms with Crippen molar-refractivity contribution >= 4 is 21.6 Å². The average molecular weight is 322 g/mol. The fourth-order valence-electron chi connectivity index (χ4n) is 2.37. The lowest BCUT2D eigenvalue weighted by Gasteiger charge is -2.29. The Morgan fingerprint density at radius 3 is 2.95 bits per heavy atom. The molecular formula is C13H16BrN5. The van der Waals surface area contributed by atoms with Gasteiger partial charge in [0.25, 0.3) is 0 Å². The zero-order valence-electron chi connectivity index (χ0n) is 10.8. The topological polar surface area (TPSA) is 60.0 Å². The SMILES string of the molecule is C[C@H](N)c1ccc(N2CCn3cnnc3C2)cc1Br. The Morgan fingerprint density at radius 2 is 2.21 bits per heavy atom. The predicted molar refractivity (Wildman–Crippen MR) is 77.8 cm³/mol. The van der Waals surface area contributed by atoms with Gasteiger partial charge in [-0.2, -0.15) is 0 Å². The molecule has 2 N–H and O–H groups in total. The van der Waals surface area contributed by atoms with Crippen molar-refractivity contribution in [2.24, 2.45) is 5.73 Å². The number of halogens is 1. The molecule has 6 heteroatoms. The number of aromatic nitrogens is 3. The smallest absolute Gasteiger partial charge is 0.152 e. The first kappa shape index (κ1) is 12.6. The standard InChI is InChI=1S/C13H16BrN5/c1-9(15)11-3-2-10(6-12(11)14)18-4-5-19-8-16-17-13(19)7-18/h2-3,6,8-9H,4-5,7,15H2,1H3/t9-/m0/s1. The zero-order valence-corrected chi connectivity index (χ0v) is 12.3. The van der Waals surface area contributed by atoms with Crippen molar-refractivity contribution in [1.82, 2.24) is 14.8 Å². The summed E-state index contributed by atoms with van der Waals surface area (Å²) in [4.78, 5) is 2.31. The van der Waals surface area contributed by atoms with Crippen LogP contribution in [0.3, 0.4) is 0 Å². The maximum Gasteiger partial charge on any atom is 0.152 e. The number of benzene rings is 1. The minimum absolute atomic E-state index is 0.0351. The van der Waals surface area contributed by atoms with Gasteiger partial charge in [-0.1, -0.05) is 22.0 Å². The van der Waals surface area contributed by atoms with Gasteiger partial charge in [0.15, 0.2) is 5.82 Å². The molecule has 0 bridgehead atoms. The Labute approximate surface area is 120 Å². The fraction of sp³-hybridized carbons (Fsp3) is 0.385. The van der Waals surface area contributed by atoms with Gasteiger partial charge < -0.3 is 15.2 Å². The summed E-state index contributed by atoms with van der Waals surface area (Å²) in [5.74, 6) is 1.01.